The van der Waals surface area contributed by atoms with Crippen LogP contribution in [0.15, 0.2) is 46.9 Å². The van der Waals surface area contributed by atoms with Crippen LogP contribution in [0.4, 0.5) is 0 Å². The third-order valence-corrected chi connectivity index (χ3v) is 4.68. The number of aromatic amines is 1. The number of aryl methyl sites for hydroxylation is 1. The molecule has 5 heteroatoms. The molecule has 0 saturated heterocycles. The monoisotopic (exact) mass is 301 g/mol. The Morgan fingerprint density at radius 2 is 2.20 bits per heavy atom. The summed E-state index contributed by atoms with van der Waals surface area (Å²) in [6.45, 7) is 2.11. The first-order valence-electron chi connectivity index (χ1n) is 6.41. The summed E-state index contributed by atoms with van der Waals surface area (Å²) < 4.78 is 0. The lowest BCUT2D eigenvalue weighted by Crippen LogP contribution is -1.87. The zero-order valence-corrected chi connectivity index (χ0v) is 12.8. The third kappa shape index (κ3) is 3.49. The van der Waals surface area contributed by atoms with Crippen LogP contribution in [-0.2, 0) is 12.2 Å². The molecule has 0 amide bonds. The molecular formula is C15H15N3S2. The average Bonchev–Trinajstić information content (AvgIpc) is 3.09. The Hall–Kier alpha value is -1.59. The lowest BCUT2D eigenvalue weighted by atomic mass is 10.2. The van der Waals surface area contributed by atoms with E-state index in [1.165, 1.54) is 16.0 Å². The SMILES string of the molecule is Cc1cccc(CSc2n[nH]c(Cc3cccs3)n2)c1. The van der Waals surface area contributed by atoms with Crippen LogP contribution in [0.3, 0.4) is 0 Å². The summed E-state index contributed by atoms with van der Waals surface area (Å²) in [6.07, 6.45) is 0.829. The first kappa shape index (κ1) is 13.4. The predicted octanol–water partition coefficient (Wildman–Crippen LogP) is 4.06. The topological polar surface area (TPSA) is 41.6 Å². The molecule has 1 aromatic carbocycles. The molecule has 20 heavy (non-hydrogen) atoms. The zero-order chi connectivity index (χ0) is 13.8. The van der Waals surface area contributed by atoms with Gasteiger partial charge in [0.25, 0.3) is 0 Å². The van der Waals surface area contributed by atoms with E-state index >= 15 is 0 Å². The Morgan fingerprint density at radius 1 is 1.25 bits per heavy atom. The number of H-pyrrole nitrogens is 1. The fourth-order valence-electron chi connectivity index (χ4n) is 1.95. The van der Waals surface area contributed by atoms with Crippen LogP contribution < -0.4 is 0 Å². The van der Waals surface area contributed by atoms with Gasteiger partial charge in [0.2, 0.25) is 5.16 Å². The molecule has 0 aliphatic carbocycles. The van der Waals surface area contributed by atoms with Crippen LogP contribution in [0.2, 0.25) is 0 Å². The summed E-state index contributed by atoms with van der Waals surface area (Å²) in [5.41, 5.74) is 2.59. The van der Waals surface area contributed by atoms with Gasteiger partial charge in [0.1, 0.15) is 5.82 Å². The van der Waals surface area contributed by atoms with Crippen LogP contribution in [-0.4, -0.2) is 15.2 Å². The van der Waals surface area contributed by atoms with Gasteiger partial charge in [-0.25, -0.2) is 4.98 Å². The standard InChI is InChI=1S/C15H15N3S2/c1-11-4-2-5-12(8-11)10-20-15-16-14(17-18-15)9-13-6-3-7-19-13/h2-8H,9-10H2,1H3,(H,16,17,18). The fraction of sp³-hybridized carbons (Fsp3) is 0.200. The maximum absolute atomic E-state index is 4.53. The third-order valence-electron chi connectivity index (χ3n) is 2.88. The number of hydrogen-bond acceptors (Lipinski definition) is 4. The number of aromatic nitrogens is 3. The summed E-state index contributed by atoms with van der Waals surface area (Å²) in [4.78, 5) is 5.83. The zero-order valence-electron chi connectivity index (χ0n) is 11.2. The molecule has 3 aromatic rings. The van der Waals surface area contributed by atoms with E-state index in [0.717, 1.165) is 23.2 Å². The van der Waals surface area contributed by atoms with E-state index in [0.29, 0.717) is 0 Å². The smallest absolute Gasteiger partial charge is 0.208 e. The number of thioether (sulfide) groups is 1. The van der Waals surface area contributed by atoms with Crippen molar-refractivity contribution in [1.29, 1.82) is 0 Å². The van der Waals surface area contributed by atoms with Gasteiger partial charge in [-0.05, 0) is 23.9 Å². The van der Waals surface area contributed by atoms with E-state index in [9.17, 15) is 0 Å². The summed E-state index contributed by atoms with van der Waals surface area (Å²) in [6, 6.07) is 12.7. The number of nitrogens with zero attached hydrogens (tertiary/aromatic N) is 2. The number of rotatable bonds is 5. The van der Waals surface area contributed by atoms with Gasteiger partial charge in [0.05, 0.1) is 0 Å². The minimum Gasteiger partial charge on any atom is -0.262 e. The number of thiophene rings is 1. The molecule has 102 valence electrons. The minimum atomic E-state index is 0.818. The van der Waals surface area contributed by atoms with E-state index in [1.807, 2.05) is 0 Å². The highest BCUT2D eigenvalue weighted by Gasteiger charge is 2.06. The molecular weight excluding hydrogens is 286 g/mol. The molecule has 0 fully saturated rings. The van der Waals surface area contributed by atoms with Gasteiger partial charge in [0.15, 0.2) is 0 Å². The summed E-state index contributed by atoms with van der Waals surface area (Å²) in [5.74, 6) is 1.83. The molecule has 0 spiro atoms. The van der Waals surface area contributed by atoms with Crippen molar-refractivity contribution in [3.63, 3.8) is 0 Å². The molecule has 0 radical (unpaired) electrons. The molecule has 2 aromatic heterocycles. The van der Waals surface area contributed by atoms with Crippen molar-refractivity contribution in [2.24, 2.45) is 0 Å². The average molecular weight is 301 g/mol. The molecule has 0 saturated carbocycles. The van der Waals surface area contributed by atoms with Gasteiger partial charge < -0.3 is 0 Å². The van der Waals surface area contributed by atoms with Gasteiger partial charge in [-0.15, -0.1) is 16.4 Å². The van der Waals surface area contributed by atoms with Crippen molar-refractivity contribution in [1.82, 2.24) is 15.2 Å². The number of benzene rings is 1. The largest absolute Gasteiger partial charge is 0.262 e. The molecule has 3 rings (SSSR count). The van der Waals surface area contributed by atoms with Gasteiger partial charge in [-0.2, -0.15) is 0 Å². The van der Waals surface area contributed by atoms with E-state index in [-0.39, 0.29) is 0 Å². The van der Waals surface area contributed by atoms with E-state index in [1.54, 1.807) is 23.1 Å². The maximum atomic E-state index is 4.53. The summed E-state index contributed by atoms with van der Waals surface area (Å²) >= 11 is 3.41. The molecule has 1 N–H and O–H groups in total. The summed E-state index contributed by atoms with van der Waals surface area (Å²) in [5, 5.41) is 10.2. The second-order valence-electron chi connectivity index (χ2n) is 4.60. The molecule has 0 aliphatic heterocycles. The van der Waals surface area contributed by atoms with Crippen molar-refractivity contribution in [2.75, 3.05) is 0 Å². The highest BCUT2D eigenvalue weighted by molar-refractivity contribution is 7.98. The van der Waals surface area contributed by atoms with Crippen LogP contribution in [0, 0.1) is 6.92 Å². The number of hydrogen-bond donors (Lipinski definition) is 1. The second kappa shape index (κ2) is 6.24. The normalized spacial score (nSPS) is 10.8. The lowest BCUT2D eigenvalue weighted by Gasteiger charge is -1.99. The Morgan fingerprint density at radius 3 is 3.00 bits per heavy atom. The first-order valence-corrected chi connectivity index (χ1v) is 8.28. The van der Waals surface area contributed by atoms with Crippen molar-refractivity contribution >= 4 is 23.1 Å². The Labute approximate surface area is 126 Å². The first-order chi connectivity index (χ1) is 9.79. The molecule has 0 bridgehead atoms. The summed E-state index contributed by atoms with van der Waals surface area (Å²) in [7, 11) is 0. The lowest BCUT2D eigenvalue weighted by molar-refractivity contribution is 0.960. The van der Waals surface area contributed by atoms with E-state index in [4.69, 9.17) is 0 Å². The molecule has 0 unspecified atom stereocenters. The Kier molecular flexibility index (Phi) is 4.18. The molecule has 3 nitrogen and oxygen atoms in total. The van der Waals surface area contributed by atoms with Crippen molar-refractivity contribution in [2.45, 2.75) is 24.3 Å². The van der Waals surface area contributed by atoms with Gasteiger partial charge in [0, 0.05) is 17.1 Å². The van der Waals surface area contributed by atoms with Crippen LogP contribution in [0.25, 0.3) is 0 Å². The van der Waals surface area contributed by atoms with Crippen molar-refractivity contribution < 1.29 is 0 Å². The molecule has 0 aliphatic rings. The van der Waals surface area contributed by atoms with Crippen LogP contribution >= 0.6 is 23.1 Å². The quantitative estimate of drug-likeness (QED) is 0.723. The van der Waals surface area contributed by atoms with Gasteiger partial charge >= 0.3 is 0 Å². The molecule has 0 atom stereocenters. The van der Waals surface area contributed by atoms with E-state index < -0.39 is 0 Å². The fourth-order valence-corrected chi connectivity index (χ4v) is 3.42. The number of nitrogens with one attached hydrogen (secondary N) is 1. The van der Waals surface area contributed by atoms with Gasteiger partial charge in [-0.3, -0.25) is 5.10 Å². The Balaban J connectivity index is 1.60. The Bertz CT molecular complexity index is 674. The highest BCUT2D eigenvalue weighted by atomic mass is 32.2. The molecule has 2 heterocycles. The van der Waals surface area contributed by atoms with Crippen LogP contribution in [0.1, 0.15) is 21.8 Å². The van der Waals surface area contributed by atoms with E-state index in [2.05, 4.69) is 63.9 Å². The van der Waals surface area contributed by atoms with Crippen molar-refractivity contribution in [3.8, 4) is 0 Å². The highest BCUT2D eigenvalue weighted by Crippen LogP contribution is 2.20. The second-order valence-corrected chi connectivity index (χ2v) is 6.57. The maximum Gasteiger partial charge on any atom is 0.208 e. The van der Waals surface area contributed by atoms with Gasteiger partial charge in [-0.1, -0.05) is 47.7 Å². The van der Waals surface area contributed by atoms with Crippen LogP contribution in [0.5, 0.6) is 0 Å². The van der Waals surface area contributed by atoms with Crippen molar-refractivity contribution in [3.05, 3.63) is 63.6 Å². The predicted molar refractivity (Wildman–Crippen MR) is 84.2 cm³/mol. The minimum absolute atomic E-state index is 0.818.